The fraction of sp³-hybridized carbons (Fsp3) is 0.500. The molecule has 1 aliphatic rings. The number of amides is 1. The summed E-state index contributed by atoms with van der Waals surface area (Å²) < 4.78 is 46.5. The number of carbonyl (C=O) groups excluding carboxylic acids is 3. The van der Waals surface area contributed by atoms with E-state index in [1.54, 1.807) is 24.3 Å². The first-order valence-corrected chi connectivity index (χ1v) is 18.2. The largest absolute Gasteiger partial charge is 0.481 e. The number of nitriles is 1. The van der Waals surface area contributed by atoms with Gasteiger partial charge in [-0.05, 0) is 57.9 Å². The fourth-order valence-corrected chi connectivity index (χ4v) is 7.58. The van der Waals surface area contributed by atoms with Gasteiger partial charge in [0.2, 0.25) is 0 Å². The Morgan fingerprint density at radius 3 is 2.07 bits per heavy atom. The Bertz CT molecular complexity index is 1760. The summed E-state index contributed by atoms with van der Waals surface area (Å²) >= 11 is 0. The number of nitrogens with zero attached hydrogens (tertiary/aromatic N) is 1. The Labute approximate surface area is 312 Å². The van der Waals surface area contributed by atoms with Crippen LogP contribution >= 0.6 is 7.75 Å². The van der Waals surface area contributed by atoms with E-state index in [0.29, 0.717) is 5.56 Å². The number of carboxylic acid groups (broad SMARTS) is 2. The molecule has 1 heterocycles. The summed E-state index contributed by atoms with van der Waals surface area (Å²) in [6.45, 7) is 5.53. The van der Waals surface area contributed by atoms with E-state index in [1.165, 1.54) is 58.9 Å². The quantitative estimate of drug-likeness (QED) is 0.0946. The topological polar surface area (TPSA) is 246 Å². The van der Waals surface area contributed by atoms with E-state index in [9.17, 15) is 44.0 Å². The number of carboxylic acids is 2. The summed E-state index contributed by atoms with van der Waals surface area (Å²) in [4.78, 5) is 62.1. The second kappa shape index (κ2) is 17.9. The van der Waals surface area contributed by atoms with E-state index in [2.05, 4.69) is 10.4 Å². The number of carbonyl (C=O) groups is 5. The van der Waals surface area contributed by atoms with Crippen molar-refractivity contribution >= 4 is 37.7 Å². The van der Waals surface area contributed by atoms with Crippen molar-refractivity contribution in [1.29, 1.82) is 5.26 Å². The smallest absolute Gasteiger partial charge is 0.459 e. The number of methoxy groups -OCH3 is 2. The summed E-state index contributed by atoms with van der Waals surface area (Å²) in [5.74, 6) is -6.55. The number of aliphatic carboxylic acids is 2. The maximum atomic E-state index is 14.3. The van der Waals surface area contributed by atoms with Gasteiger partial charge in [0.05, 0.1) is 31.7 Å². The van der Waals surface area contributed by atoms with Gasteiger partial charge in [0, 0.05) is 18.3 Å². The molecule has 4 N–H and O–H groups in total. The van der Waals surface area contributed by atoms with Crippen LogP contribution in [0.3, 0.4) is 0 Å². The minimum atomic E-state index is -4.66. The zero-order valence-electron chi connectivity index (χ0n) is 31.0. The van der Waals surface area contributed by atoms with Crippen molar-refractivity contribution in [1.82, 2.24) is 10.4 Å². The van der Waals surface area contributed by atoms with Gasteiger partial charge in [0.25, 0.3) is 0 Å². The number of hydrogen-bond acceptors (Lipinski definition) is 13. The lowest BCUT2D eigenvalue weighted by molar-refractivity contribution is -0.161. The molecule has 1 fully saturated rings. The highest BCUT2D eigenvalue weighted by Crippen LogP contribution is 2.55. The van der Waals surface area contributed by atoms with Gasteiger partial charge in [-0.15, -0.1) is 0 Å². The highest BCUT2D eigenvalue weighted by molar-refractivity contribution is 7.52. The van der Waals surface area contributed by atoms with E-state index in [-0.39, 0.29) is 25.4 Å². The Morgan fingerprint density at radius 2 is 1.54 bits per heavy atom. The van der Waals surface area contributed by atoms with Crippen LogP contribution in [0.4, 0.5) is 4.79 Å². The Morgan fingerprint density at radius 1 is 0.944 bits per heavy atom. The fourth-order valence-electron chi connectivity index (χ4n) is 6.06. The van der Waals surface area contributed by atoms with Crippen molar-refractivity contribution in [2.75, 3.05) is 27.4 Å². The third-order valence-corrected chi connectivity index (χ3v) is 11.0. The number of benzene rings is 2. The van der Waals surface area contributed by atoms with Crippen molar-refractivity contribution in [3.8, 4) is 11.8 Å². The van der Waals surface area contributed by atoms with E-state index in [0.717, 1.165) is 19.8 Å². The van der Waals surface area contributed by atoms with Gasteiger partial charge < -0.3 is 39.0 Å². The molecule has 17 nitrogen and oxygen atoms in total. The van der Waals surface area contributed by atoms with Crippen LogP contribution in [0.2, 0.25) is 0 Å². The predicted octanol–water partition coefficient (Wildman–Crippen LogP) is 4.10. The molecule has 4 unspecified atom stereocenters. The highest BCUT2D eigenvalue weighted by Gasteiger charge is 2.64. The Balaban J connectivity index is 1.87. The van der Waals surface area contributed by atoms with Gasteiger partial charge in [-0.1, -0.05) is 42.5 Å². The van der Waals surface area contributed by atoms with E-state index < -0.39 is 84.7 Å². The molecular formula is C36H46N3O14P. The molecule has 18 heteroatoms. The zero-order valence-corrected chi connectivity index (χ0v) is 31.9. The number of ether oxygens (including phenoxy) is 4. The Hall–Kier alpha value is -5.01. The van der Waals surface area contributed by atoms with Crippen LogP contribution in [0.15, 0.2) is 54.6 Å². The maximum Gasteiger partial charge on any atom is 0.459 e. The lowest BCUT2D eigenvalue weighted by atomic mass is 9.59. The molecule has 54 heavy (non-hydrogen) atoms. The summed E-state index contributed by atoms with van der Waals surface area (Å²) in [5, 5.41) is 35.5. The summed E-state index contributed by atoms with van der Waals surface area (Å²) in [6, 6.07) is 14.2. The third kappa shape index (κ3) is 10.4. The highest BCUT2D eigenvalue weighted by atomic mass is 31.2. The summed E-state index contributed by atoms with van der Waals surface area (Å²) in [6.07, 6.45) is -0.901. The van der Waals surface area contributed by atoms with Gasteiger partial charge in [0.1, 0.15) is 37.1 Å². The van der Waals surface area contributed by atoms with Crippen LogP contribution in [0.5, 0.6) is 5.75 Å². The van der Waals surface area contributed by atoms with Gasteiger partial charge in [-0.25, -0.2) is 14.2 Å². The van der Waals surface area contributed by atoms with Crippen LogP contribution in [0.25, 0.3) is 0 Å². The summed E-state index contributed by atoms with van der Waals surface area (Å²) in [7, 11) is -2.40. The first kappa shape index (κ1) is 43.4. The second-order valence-corrected chi connectivity index (χ2v) is 15.5. The molecule has 3 rings (SSSR count). The Kier molecular flexibility index (Phi) is 14.4. The average molecular weight is 776 g/mol. The molecule has 1 amide bonds. The SMILES string of the molecule is COC(=O)[C@H](C)NP(=O)(OCC1(C#N)OCC(C(C)(C)C(=O)O)C1C(C)(C)C(=O)O)Oc1ccc(C[C@H](NC(=O)OCc2ccccc2)C(=O)OC)cc1. The number of esters is 2. The minimum absolute atomic E-state index is 0.0299. The third-order valence-electron chi connectivity index (χ3n) is 9.36. The van der Waals surface area contributed by atoms with Crippen molar-refractivity contribution in [3.05, 3.63) is 65.7 Å². The molecule has 6 atom stereocenters. The monoisotopic (exact) mass is 775 g/mol. The van der Waals surface area contributed by atoms with Gasteiger partial charge >= 0.3 is 37.7 Å². The van der Waals surface area contributed by atoms with Crippen LogP contribution < -0.4 is 14.9 Å². The molecule has 0 aromatic heterocycles. The molecule has 1 aliphatic heterocycles. The zero-order chi connectivity index (χ0) is 40.5. The number of hydrogen-bond donors (Lipinski definition) is 4. The molecule has 0 radical (unpaired) electrons. The lowest BCUT2D eigenvalue weighted by Crippen LogP contribution is -2.53. The van der Waals surface area contributed by atoms with Gasteiger partial charge in [-0.2, -0.15) is 10.3 Å². The molecule has 0 bridgehead atoms. The maximum absolute atomic E-state index is 14.3. The van der Waals surface area contributed by atoms with Crippen molar-refractivity contribution < 1.29 is 66.7 Å². The van der Waals surface area contributed by atoms with Gasteiger partial charge in [-0.3, -0.25) is 18.9 Å². The van der Waals surface area contributed by atoms with Crippen molar-refractivity contribution in [2.45, 2.75) is 65.3 Å². The molecule has 294 valence electrons. The normalized spacial score (nSPS) is 20.6. The minimum Gasteiger partial charge on any atom is -0.481 e. The van der Waals surface area contributed by atoms with Crippen LogP contribution in [0.1, 0.15) is 45.7 Å². The first-order chi connectivity index (χ1) is 25.2. The van der Waals surface area contributed by atoms with Crippen molar-refractivity contribution in [2.24, 2.45) is 22.7 Å². The summed E-state index contributed by atoms with van der Waals surface area (Å²) in [5.41, 5.74) is -4.18. The lowest BCUT2D eigenvalue weighted by Gasteiger charge is -2.42. The molecule has 0 saturated carbocycles. The van der Waals surface area contributed by atoms with Crippen molar-refractivity contribution in [3.63, 3.8) is 0 Å². The molecular weight excluding hydrogens is 729 g/mol. The van der Waals surface area contributed by atoms with E-state index in [1.807, 2.05) is 12.1 Å². The second-order valence-electron chi connectivity index (χ2n) is 13.8. The number of nitrogens with one attached hydrogen (secondary N) is 2. The molecule has 1 saturated heterocycles. The average Bonchev–Trinajstić information content (AvgIpc) is 3.55. The standard InChI is InChI=1S/C36H46N3O14P/c1-22(29(40)48-6)39-54(47,52-21-36(20-37)28(35(4,5)32(44)45)26(19-51-36)34(2,3)31(42)43)53-25-15-13-23(14-16-25)17-27(30(41)49-7)38-33(46)50-18-24-11-9-8-10-12-24/h8-16,22,26-28H,17-19,21H2,1-7H3,(H,38,46)(H,39,47)(H,42,43)(H,44,45)/t22-,26?,27-,28?,36?,54?/m0/s1. The van der Waals surface area contributed by atoms with Crippen LogP contribution in [0, 0.1) is 34.0 Å². The first-order valence-electron chi connectivity index (χ1n) is 16.7. The van der Waals surface area contributed by atoms with Gasteiger partial charge in [0.15, 0.2) is 5.60 Å². The molecule has 0 spiro atoms. The van der Waals surface area contributed by atoms with E-state index >= 15 is 0 Å². The molecule has 0 aliphatic carbocycles. The van der Waals surface area contributed by atoms with E-state index in [4.69, 9.17) is 28.0 Å². The van der Waals surface area contributed by atoms with Crippen LogP contribution in [-0.2, 0) is 60.2 Å². The number of alkyl carbamates (subject to hydrolysis) is 1. The predicted molar refractivity (Wildman–Crippen MR) is 189 cm³/mol. The molecule has 2 aromatic rings. The van der Waals surface area contributed by atoms with Crippen LogP contribution in [-0.4, -0.2) is 85.3 Å². The molecule has 2 aromatic carbocycles. The number of rotatable bonds is 18.